The van der Waals surface area contributed by atoms with Crippen LogP contribution in [0.1, 0.15) is 35.8 Å². The molecule has 2 aromatic carbocycles. The minimum Gasteiger partial charge on any atom is -0.392 e. The highest BCUT2D eigenvalue weighted by Crippen LogP contribution is 2.40. The van der Waals surface area contributed by atoms with E-state index in [2.05, 4.69) is 0 Å². The van der Waals surface area contributed by atoms with Crippen LogP contribution in [-0.4, -0.2) is 22.4 Å². The second kappa shape index (κ2) is 5.78. The highest BCUT2D eigenvalue weighted by Gasteiger charge is 2.36. The van der Waals surface area contributed by atoms with Crippen molar-refractivity contribution >= 4 is 0 Å². The normalized spacial score (nSPS) is 30.1. The predicted octanol–water partition coefficient (Wildman–Crippen LogP) is 3.07. The molecule has 2 heteroatoms. The molecule has 2 N–H and O–H groups in total. The fourth-order valence-electron chi connectivity index (χ4n) is 3.28. The van der Waals surface area contributed by atoms with Crippen molar-refractivity contribution in [1.82, 2.24) is 0 Å². The fourth-order valence-corrected chi connectivity index (χ4v) is 3.28. The molecule has 2 nitrogen and oxygen atoms in total. The van der Waals surface area contributed by atoms with Gasteiger partial charge < -0.3 is 10.2 Å². The molecule has 1 aliphatic carbocycles. The molecule has 0 radical (unpaired) electrons. The van der Waals surface area contributed by atoms with Gasteiger partial charge in [-0.1, -0.05) is 60.7 Å². The number of rotatable bonds is 2. The molecule has 3 rings (SSSR count). The Morgan fingerprint density at radius 2 is 0.950 bits per heavy atom. The van der Waals surface area contributed by atoms with E-state index in [9.17, 15) is 10.2 Å². The third kappa shape index (κ3) is 2.62. The number of aliphatic hydroxyl groups is 2. The summed E-state index contributed by atoms with van der Waals surface area (Å²) in [5.74, 6) is 0.0670. The van der Waals surface area contributed by atoms with Crippen molar-refractivity contribution in [2.24, 2.45) is 0 Å². The van der Waals surface area contributed by atoms with Crippen molar-refractivity contribution in [3.8, 4) is 0 Å². The maximum atomic E-state index is 10.5. The van der Waals surface area contributed by atoms with Crippen LogP contribution in [0.5, 0.6) is 0 Å². The van der Waals surface area contributed by atoms with E-state index in [1.54, 1.807) is 0 Å². The van der Waals surface area contributed by atoms with E-state index in [1.165, 1.54) is 0 Å². The Balaban J connectivity index is 1.80. The smallest absolute Gasteiger partial charge is 0.0616 e. The number of benzene rings is 2. The number of hydrogen-bond acceptors (Lipinski definition) is 2. The van der Waals surface area contributed by atoms with Crippen LogP contribution in [0.25, 0.3) is 0 Å². The highest BCUT2D eigenvalue weighted by atomic mass is 16.3. The molecule has 0 unspecified atom stereocenters. The molecule has 0 aliphatic heterocycles. The third-order valence-corrected chi connectivity index (χ3v) is 4.38. The van der Waals surface area contributed by atoms with E-state index in [1.807, 2.05) is 60.7 Å². The van der Waals surface area contributed by atoms with E-state index >= 15 is 0 Å². The van der Waals surface area contributed by atoms with Crippen LogP contribution in [-0.2, 0) is 0 Å². The molecule has 0 amide bonds. The summed E-state index contributed by atoms with van der Waals surface area (Å²) in [5.41, 5.74) is 2.23. The van der Waals surface area contributed by atoms with E-state index in [0.717, 1.165) is 11.1 Å². The van der Waals surface area contributed by atoms with Crippen LogP contribution in [0, 0.1) is 0 Å². The first-order valence-electron chi connectivity index (χ1n) is 7.21. The van der Waals surface area contributed by atoms with Crippen LogP contribution < -0.4 is 0 Å². The van der Waals surface area contributed by atoms with Crippen molar-refractivity contribution in [1.29, 1.82) is 0 Å². The first kappa shape index (κ1) is 13.3. The molecule has 2 aromatic rings. The molecule has 104 valence electrons. The summed E-state index contributed by atoms with van der Waals surface area (Å²) in [6.45, 7) is 0. The molecule has 1 aliphatic rings. The maximum absolute atomic E-state index is 10.5. The first-order valence-corrected chi connectivity index (χ1v) is 7.21. The lowest BCUT2D eigenvalue weighted by atomic mass is 9.72. The number of aliphatic hydroxyl groups excluding tert-OH is 2. The summed E-state index contributed by atoms with van der Waals surface area (Å²) < 4.78 is 0. The lowest BCUT2D eigenvalue weighted by molar-refractivity contribution is 0.0183. The van der Waals surface area contributed by atoms with E-state index < -0.39 is 12.2 Å². The quantitative estimate of drug-likeness (QED) is 0.878. The zero-order valence-corrected chi connectivity index (χ0v) is 11.4. The Morgan fingerprint density at radius 1 is 0.600 bits per heavy atom. The van der Waals surface area contributed by atoms with Crippen LogP contribution in [0.2, 0.25) is 0 Å². The minimum atomic E-state index is -0.397. The summed E-state index contributed by atoms with van der Waals surface area (Å²) in [6, 6.07) is 20.0. The fraction of sp³-hybridized carbons (Fsp3) is 0.333. The van der Waals surface area contributed by atoms with Crippen LogP contribution >= 0.6 is 0 Å². The Kier molecular flexibility index (Phi) is 3.86. The lowest BCUT2D eigenvalue weighted by Gasteiger charge is -2.37. The molecule has 0 spiro atoms. The topological polar surface area (TPSA) is 40.5 Å². The summed E-state index contributed by atoms with van der Waals surface area (Å²) >= 11 is 0. The van der Waals surface area contributed by atoms with Gasteiger partial charge in [0.15, 0.2) is 0 Å². The van der Waals surface area contributed by atoms with Gasteiger partial charge in [0.05, 0.1) is 12.2 Å². The van der Waals surface area contributed by atoms with Gasteiger partial charge in [0, 0.05) is 11.8 Å². The Hall–Kier alpha value is -1.64. The third-order valence-electron chi connectivity index (χ3n) is 4.38. The molecule has 0 saturated heterocycles. The van der Waals surface area contributed by atoms with Gasteiger partial charge in [0.2, 0.25) is 0 Å². The average molecular weight is 268 g/mol. The van der Waals surface area contributed by atoms with Crippen molar-refractivity contribution in [2.45, 2.75) is 36.9 Å². The van der Waals surface area contributed by atoms with E-state index in [-0.39, 0.29) is 11.8 Å². The molecule has 0 bridgehead atoms. The van der Waals surface area contributed by atoms with Crippen LogP contribution in [0.15, 0.2) is 60.7 Å². The van der Waals surface area contributed by atoms with Crippen molar-refractivity contribution in [3.63, 3.8) is 0 Å². The molecular weight excluding hydrogens is 248 g/mol. The Morgan fingerprint density at radius 3 is 1.30 bits per heavy atom. The molecule has 4 atom stereocenters. The summed E-state index contributed by atoms with van der Waals surface area (Å²) in [4.78, 5) is 0. The zero-order chi connectivity index (χ0) is 13.9. The SMILES string of the molecule is O[C@H]1C[C@H](c2ccccc2)[C@@H](O)C[C@@H]1c1ccccc1. The standard InChI is InChI=1S/C18H20O2/c19-17-12-16(14-9-5-2-6-10-14)18(20)11-15(17)13-7-3-1-4-8-13/h1-10,15-20H,11-12H2/t15-,16-,17+,18+/m1/s1. The Labute approximate surface area is 119 Å². The molecule has 1 fully saturated rings. The van der Waals surface area contributed by atoms with Gasteiger partial charge in [-0.3, -0.25) is 0 Å². The van der Waals surface area contributed by atoms with Gasteiger partial charge in [-0.2, -0.15) is 0 Å². The van der Waals surface area contributed by atoms with Gasteiger partial charge in [-0.25, -0.2) is 0 Å². The predicted molar refractivity (Wildman–Crippen MR) is 79.6 cm³/mol. The van der Waals surface area contributed by atoms with Crippen LogP contribution in [0.3, 0.4) is 0 Å². The molecular formula is C18H20O2. The van der Waals surface area contributed by atoms with E-state index in [0.29, 0.717) is 12.8 Å². The zero-order valence-electron chi connectivity index (χ0n) is 11.4. The van der Waals surface area contributed by atoms with Crippen molar-refractivity contribution < 1.29 is 10.2 Å². The largest absolute Gasteiger partial charge is 0.392 e. The van der Waals surface area contributed by atoms with Gasteiger partial charge in [0.1, 0.15) is 0 Å². The van der Waals surface area contributed by atoms with Gasteiger partial charge in [-0.15, -0.1) is 0 Å². The molecule has 20 heavy (non-hydrogen) atoms. The molecule has 1 saturated carbocycles. The van der Waals surface area contributed by atoms with Crippen molar-refractivity contribution in [2.75, 3.05) is 0 Å². The summed E-state index contributed by atoms with van der Waals surface area (Å²) in [6.07, 6.45) is 0.437. The molecule has 0 heterocycles. The van der Waals surface area contributed by atoms with Gasteiger partial charge >= 0.3 is 0 Å². The average Bonchev–Trinajstić information content (AvgIpc) is 2.51. The maximum Gasteiger partial charge on any atom is 0.0616 e. The second-order valence-electron chi connectivity index (χ2n) is 5.64. The molecule has 0 aromatic heterocycles. The number of hydrogen-bond donors (Lipinski definition) is 2. The summed E-state index contributed by atoms with van der Waals surface area (Å²) in [7, 11) is 0. The highest BCUT2D eigenvalue weighted by molar-refractivity contribution is 5.26. The minimum absolute atomic E-state index is 0.0335. The first-order chi connectivity index (χ1) is 9.75. The monoisotopic (exact) mass is 268 g/mol. The van der Waals surface area contributed by atoms with Crippen molar-refractivity contribution in [3.05, 3.63) is 71.8 Å². The lowest BCUT2D eigenvalue weighted by Crippen LogP contribution is -2.36. The van der Waals surface area contributed by atoms with Gasteiger partial charge in [0.25, 0.3) is 0 Å². The van der Waals surface area contributed by atoms with Gasteiger partial charge in [-0.05, 0) is 24.0 Å². The van der Waals surface area contributed by atoms with E-state index in [4.69, 9.17) is 0 Å². The summed E-state index contributed by atoms with van der Waals surface area (Å²) in [5, 5.41) is 20.9. The second-order valence-corrected chi connectivity index (χ2v) is 5.64. The Bertz CT molecular complexity index is 486. The van der Waals surface area contributed by atoms with Crippen LogP contribution in [0.4, 0.5) is 0 Å².